The molecule has 0 aliphatic heterocycles. The molecule has 5 heteroatoms. The Labute approximate surface area is 137 Å². The number of carbonyl (C=O) groups is 2. The van der Waals surface area contributed by atoms with Gasteiger partial charge in [-0.05, 0) is 30.9 Å². The fourth-order valence-electron chi connectivity index (χ4n) is 2.17. The first-order valence-electron chi connectivity index (χ1n) is 8.06. The number of hydrogen-bond donors (Lipinski definition) is 0. The number of esters is 2. The van der Waals surface area contributed by atoms with Gasteiger partial charge < -0.3 is 14.2 Å². The van der Waals surface area contributed by atoms with Crippen LogP contribution in [-0.4, -0.2) is 32.3 Å². The van der Waals surface area contributed by atoms with Crippen molar-refractivity contribution >= 4 is 11.9 Å². The molecule has 0 saturated heterocycles. The molecule has 0 N–H and O–H groups in total. The van der Waals surface area contributed by atoms with Gasteiger partial charge in [-0.1, -0.05) is 32.0 Å². The zero-order chi connectivity index (χ0) is 17.1. The third kappa shape index (κ3) is 6.72. The SMILES string of the molecule is CCCOC(=O)CC(Cc1ccccc1OC)C(=O)OCCC. The molecule has 23 heavy (non-hydrogen) atoms. The summed E-state index contributed by atoms with van der Waals surface area (Å²) in [5.41, 5.74) is 0.872. The summed E-state index contributed by atoms with van der Waals surface area (Å²) >= 11 is 0. The van der Waals surface area contributed by atoms with Gasteiger partial charge in [0.05, 0.1) is 32.7 Å². The van der Waals surface area contributed by atoms with Gasteiger partial charge in [0, 0.05) is 0 Å². The predicted octanol–water partition coefficient (Wildman–Crippen LogP) is 3.15. The molecule has 1 rings (SSSR count). The van der Waals surface area contributed by atoms with Crippen LogP contribution in [0.5, 0.6) is 5.75 Å². The smallest absolute Gasteiger partial charge is 0.309 e. The summed E-state index contributed by atoms with van der Waals surface area (Å²) in [6.07, 6.45) is 1.89. The molecule has 1 aromatic rings. The summed E-state index contributed by atoms with van der Waals surface area (Å²) in [4.78, 5) is 24.1. The van der Waals surface area contributed by atoms with E-state index in [1.165, 1.54) is 0 Å². The van der Waals surface area contributed by atoms with Crippen molar-refractivity contribution in [2.45, 2.75) is 39.5 Å². The minimum Gasteiger partial charge on any atom is -0.496 e. The number of ether oxygens (including phenoxy) is 3. The molecule has 1 aromatic carbocycles. The Morgan fingerprint density at radius 3 is 2.35 bits per heavy atom. The summed E-state index contributed by atoms with van der Waals surface area (Å²) in [5.74, 6) is -0.615. The molecule has 0 spiro atoms. The Hall–Kier alpha value is -2.04. The lowest BCUT2D eigenvalue weighted by atomic mass is 9.95. The summed E-state index contributed by atoms with van der Waals surface area (Å²) in [6, 6.07) is 7.46. The Morgan fingerprint density at radius 1 is 1.04 bits per heavy atom. The van der Waals surface area contributed by atoms with Crippen molar-refractivity contribution in [2.24, 2.45) is 5.92 Å². The first kappa shape index (κ1) is 19.0. The average Bonchev–Trinajstić information content (AvgIpc) is 2.57. The fraction of sp³-hybridized carbons (Fsp3) is 0.556. The Morgan fingerprint density at radius 2 is 1.70 bits per heavy atom. The highest BCUT2D eigenvalue weighted by Gasteiger charge is 2.25. The normalized spacial score (nSPS) is 11.6. The molecule has 0 aliphatic carbocycles. The van der Waals surface area contributed by atoms with Crippen LogP contribution in [0, 0.1) is 5.92 Å². The first-order chi connectivity index (χ1) is 11.1. The van der Waals surface area contributed by atoms with Crippen LogP contribution in [0.3, 0.4) is 0 Å². The molecule has 0 aliphatic rings. The third-order valence-corrected chi connectivity index (χ3v) is 3.32. The highest BCUT2D eigenvalue weighted by molar-refractivity contribution is 5.80. The van der Waals surface area contributed by atoms with Gasteiger partial charge in [-0.15, -0.1) is 0 Å². The van der Waals surface area contributed by atoms with Crippen LogP contribution in [0.1, 0.15) is 38.7 Å². The van der Waals surface area contributed by atoms with E-state index in [0.29, 0.717) is 25.4 Å². The maximum absolute atomic E-state index is 12.2. The van der Waals surface area contributed by atoms with Gasteiger partial charge in [0.25, 0.3) is 0 Å². The van der Waals surface area contributed by atoms with E-state index in [1.807, 2.05) is 38.1 Å². The van der Waals surface area contributed by atoms with E-state index < -0.39 is 5.92 Å². The lowest BCUT2D eigenvalue weighted by Gasteiger charge is -2.17. The molecule has 5 nitrogen and oxygen atoms in total. The van der Waals surface area contributed by atoms with Crippen molar-refractivity contribution < 1.29 is 23.8 Å². The lowest BCUT2D eigenvalue weighted by molar-refractivity contribution is -0.155. The van der Waals surface area contributed by atoms with Gasteiger partial charge in [-0.3, -0.25) is 9.59 Å². The molecule has 0 heterocycles. The topological polar surface area (TPSA) is 61.8 Å². The maximum Gasteiger partial charge on any atom is 0.309 e. The van der Waals surface area contributed by atoms with Crippen LogP contribution < -0.4 is 4.74 Å². The van der Waals surface area contributed by atoms with Crippen molar-refractivity contribution in [3.63, 3.8) is 0 Å². The Bertz CT molecular complexity index is 498. The lowest BCUT2D eigenvalue weighted by Crippen LogP contribution is -2.24. The largest absolute Gasteiger partial charge is 0.496 e. The van der Waals surface area contributed by atoms with Crippen LogP contribution in [0.15, 0.2) is 24.3 Å². The summed E-state index contributed by atoms with van der Waals surface area (Å²) in [7, 11) is 1.58. The van der Waals surface area contributed by atoms with Gasteiger partial charge in [0.1, 0.15) is 5.75 Å². The molecule has 0 radical (unpaired) electrons. The van der Waals surface area contributed by atoms with Crippen molar-refractivity contribution in [3.8, 4) is 5.75 Å². The van der Waals surface area contributed by atoms with Crippen LogP contribution >= 0.6 is 0 Å². The molecule has 128 valence electrons. The summed E-state index contributed by atoms with van der Waals surface area (Å²) in [6.45, 7) is 4.57. The van der Waals surface area contributed by atoms with Crippen molar-refractivity contribution in [3.05, 3.63) is 29.8 Å². The average molecular weight is 322 g/mol. The molecular formula is C18H26O5. The van der Waals surface area contributed by atoms with Crippen molar-refractivity contribution in [2.75, 3.05) is 20.3 Å². The molecule has 0 bridgehead atoms. The predicted molar refractivity (Wildman–Crippen MR) is 87.3 cm³/mol. The first-order valence-corrected chi connectivity index (χ1v) is 8.06. The molecule has 1 unspecified atom stereocenters. The monoisotopic (exact) mass is 322 g/mol. The number of hydrogen-bond acceptors (Lipinski definition) is 5. The van der Waals surface area contributed by atoms with Crippen LogP contribution in [0.25, 0.3) is 0 Å². The van der Waals surface area contributed by atoms with Crippen molar-refractivity contribution in [1.29, 1.82) is 0 Å². The minimum atomic E-state index is -0.567. The number of para-hydroxylation sites is 1. The Balaban J connectivity index is 2.81. The molecule has 1 atom stereocenters. The number of benzene rings is 1. The zero-order valence-corrected chi connectivity index (χ0v) is 14.2. The van der Waals surface area contributed by atoms with Gasteiger partial charge in [-0.25, -0.2) is 0 Å². The number of rotatable bonds is 10. The zero-order valence-electron chi connectivity index (χ0n) is 14.2. The van der Waals surface area contributed by atoms with Crippen LogP contribution in [0.4, 0.5) is 0 Å². The second kappa shape index (κ2) is 10.6. The van der Waals surface area contributed by atoms with E-state index in [-0.39, 0.29) is 18.4 Å². The fourth-order valence-corrected chi connectivity index (χ4v) is 2.17. The second-order valence-electron chi connectivity index (χ2n) is 5.30. The van der Waals surface area contributed by atoms with E-state index >= 15 is 0 Å². The molecule has 0 aromatic heterocycles. The second-order valence-corrected chi connectivity index (χ2v) is 5.30. The maximum atomic E-state index is 12.2. The van der Waals surface area contributed by atoms with E-state index in [4.69, 9.17) is 14.2 Å². The summed E-state index contributed by atoms with van der Waals surface area (Å²) in [5, 5.41) is 0. The van der Waals surface area contributed by atoms with E-state index in [0.717, 1.165) is 18.4 Å². The Kier molecular flexibility index (Phi) is 8.80. The van der Waals surface area contributed by atoms with Gasteiger partial charge in [0.2, 0.25) is 0 Å². The van der Waals surface area contributed by atoms with E-state index in [1.54, 1.807) is 7.11 Å². The highest BCUT2D eigenvalue weighted by Crippen LogP contribution is 2.23. The summed E-state index contributed by atoms with van der Waals surface area (Å²) < 4.78 is 15.6. The van der Waals surface area contributed by atoms with Crippen LogP contribution in [0.2, 0.25) is 0 Å². The minimum absolute atomic E-state index is 0.0145. The molecule has 0 saturated carbocycles. The van der Waals surface area contributed by atoms with Crippen LogP contribution in [-0.2, 0) is 25.5 Å². The number of methoxy groups -OCH3 is 1. The van der Waals surface area contributed by atoms with E-state index in [9.17, 15) is 9.59 Å². The number of carbonyl (C=O) groups excluding carboxylic acids is 2. The quantitative estimate of drug-likeness (QED) is 0.619. The highest BCUT2D eigenvalue weighted by atomic mass is 16.5. The third-order valence-electron chi connectivity index (χ3n) is 3.32. The van der Waals surface area contributed by atoms with E-state index in [2.05, 4.69) is 0 Å². The van der Waals surface area contributed by atoms with Gasteiger partial charge in [0.15, 0.2) is 0 Å². The standard InChI is InChI=1S/C18H26O5/c1-4-10-22-17(19)13-15(18(20)23-11-5-2)12-14-8-6-7-9-16(14)21-3/h6-9,15H,4-5,10-13H2,1-3H3. The molecule has 0 fully saturated rings. The van der Waals surface area contributed by atoms with Crippen molar-refractivity contribution in [1.82, 2.24) is 0 Å². The van der Waals surface area contributed by atoms with Gasteiger partial charge >= 0.3 is 11.9 Å². The molecule has 0 amide bonds. The van der Waals surface area contributed by atoms with Gasteiger partial charge in [-0.2, -0.15) is 0 Å². The molecular weight excluding hydrogens is 296 g/mol.